The predicted octanol–water partition coefficient (Wildman–Crippen LogP) is 2.75. The van der Waals surface area contributed by atoms with Crippen LogP contribution in [0.2, 0.25) is 0 Å². The van der Waals surface area contributed by atoms with Crippen LogP contribution in [0, 0.1) is 0 Å². The quantitative estimate of drug-likeness (QED) is 0.763. The Hall–Kier alpha value is -1.44. The van der Waals surface area contributed by atoms with Gasteiger partial charge in [-0.15, -0.1) is 0 Å². The van der Waals surface area contributed by atoms with Gasteiger partial charge in [0.05, 0.1) is 5.69 Å². The summed E-state index contributed by atoms with van der Waals surface area (Å²) in [5, 5.41) is 4.89. The van der Waals surface area contributed by atoms with Gasteiger partial charge in [0.25, 0.3) is 0 Å². The van der Waals surface area contributed by atoms with Crippen molar-refractivity contribution in [3.63, 3.8) is 0 Å². The fraction of sp³-hybridized carbons (Fsp3) is 0.333. The molecule has 1 aliphatic carbocycles. The second-order valence-corrected chi connectivity index (χ2v) is 4.09. The summed E-state index contributed by atoms with van der Waals surface area (Å²) in [7, 11) is 2.10. The van der Waals surface area contributed by atoms with Gasteiger partial charge in [-0.2, -0.15) is 0 Å². The van der Waals surface area contributed by atoms with Crippen LogP contribution >= 0.6 is 0 Å². The van der Waals surface area contributed by atoms with Crippen LogP contribution in [0.3, 0.4) is 0 Å². The molecule has 0 saturated heterocycles. The molecule has 2 heteroatoms. The van der Waals surface area contributed by atoms with Crippen molar-refractivity contribution < 1.29 is 0 Å². The first-order valence-corrected chi connectivity index (χ1v) is 5.15. The van der Waals surface area contributed by atoms with E-state index < -0.39 is 0 Å². The highest BCUT2D eigenvalue weighted by molar-refractivity contribution is 5.93. The van der Waals surface area contributed by atoms with E-state index in [1.165, 1.54) is 29.4 Å². The summed E-state index contributed by atoms with van der Waals surface area (Å²) < 4.78 is 2.18. The van der Waals surface area contributed by atoms with Gasteiger partial charge in [0, 0.05) is 30.2 Å². The zero-order chi connectivity index (χ0) is 9.54. The van der Waals surface area contributed by atoms with Crippen LogP contribution < -0.4 is 5.32 Å². The first kappa shape index (κ1) is 7.92. The number of anilines is 1. The highest BCUT2D eigenvalue weighted by Crippen LogP contribution is 2.30. The maximum atomic E-state index is 3.56. The van der Waals surface area contributed by atoms with Crippen molar-refractivity contribution in [1.29, 1.82) is 0 Å². The molecule has 3 rings (SSSR count). The van der Waals surface area contributed by atoms with Crippen molar-refractivity contribution in [2.45, 2.75) is 18.9 Å². The number of aromatic nitrogens is 1. The highest BCUT2D eigenvalue weighted by atomic mass is 15.0. The SMILES string of the molecule is Cn1cc(NC2CC2)c2ccccc21. The molecule has 1 aromatic heterocycles. The van der Waals surface area contributed by atoms with E-state index in [1.54, 1.807) is 0 Å². The van der Waals surface area contributed by atoms with Crippen molar-refractivity contribution >= 4 is 16.6 Å². The number of aryl methyl sites for hydroxylation is 1. The van der Waals surface area contributed by atoms with Crippen molar-refractivity contribution in [1.82, 2.24) is 4.57 Å². The van der Waals surface area contributed by atoms with Gasteiger partial charge in [-0.3, -0.25) is 0 Å². The van der Waals surface area contributed by atoms with E-state index in [0.29, 0.717) is 0 Å². The van der Waals surface area contributed by atoms with Crippen LogP contribution in [0.4, 0.5) is 5.69 Å². The van der Waals surface area contributed by atoms with Gasteiger partial charge < -0.3 is 9.88 Å². The van der Waals surface area contributed by atoms with Crippen LogP contribution in [-0.2, 0) is 7.05 Å². The van der Waals surface area contributed by atoms with Crippen LogP contribution in [0.5, 0.6) is 0 Å². The fourth-order valence-corrected chi connectivity index (χ4v) is 1.90. The zero-order valence-electron chi connectivity index (χ0n) is 8.33. The van der Waals surface area contributed by atoms with Crippen LogP contribution in [0.1, 0.15) is 12.8 Å². The maximum absolute atomic E-state index is 3.56. The first-order chi connectivity index (χ1) is 6.84. The lowest BCUT2D eigenvalue weighted by atomic mass is 10.2. The third-order valence-electron chi connectivity index (χ3n) is 2.83. The summed E-state index contributed by atoms with van der Waals surface area (Å²) >= 11 is 0. The third-order valence-corrected chi connectivity index (χ3v) is 2.83. The molecule has 1 heterocycles. The number of nitrogens with one attached hydrogen (secondary N) is 1. The molecule has 0 spiro atoms. The van der Waals surface area contributed by atoms with Crippen molar-refractivity contribution in [2.24, 2.45) is 7.05 Å². The molecular formula is C12H14N2. The second kappa shape index (κ2) is 2.77. The molecule has 2 aromatic rings. The summed E-state index contributed by atoms with van der Waals surface area (Å²) in [6, 6.07) is 9.25. The van der Waals surface area contributed by atoms with Crippen LogP contribution in [0.15, 0.2) is 30.5 Å². The summed E-state index contributed by atoms with van der Waals surface area (Å²) in [4.78, 5) is 0. The number of para-hydroxylation sites is 1. The average molecular weight is 186 g/mol. The number of hydrogen-bond acceptors (Lipinski definition) is 1. The Kier molecular flexibility index (Phi) is 1.57. The fourth-order valence-electron chi connectivity index (χ4n) is 1.90. The van der Waals surface area contributed by atoms with E-state index in [9.17, 15) is 0 Å². The minimum atomic E-state index is 0.723. The molecule has 72 valence electrons. The molecule has 1 saturated carbocycles. The van der Waals surface area contributed by atoms with Crippen molar-refractivity contribution in [2.75, 3.05) is 5.32 Å². The Bertz CT molecular complexity index is 466. The Morgan fingerprint density at radius 1 is 1.29 bits per heavy atom. The Morgan fingerprint density at radius 2 is 2.07 bits per heavy atom. The summed E-state index contributed by atoms with van der Waals surface area (Å²) in [6.45, 7) is 0. The molecule has 1 aliphatic rings. The molecule has 0 atom stereocenters. The molecule has 1 aromatic carbocycles. The molecular weight excluding hydrogens is 172 g/mol. The molecule has 1 N–H and O–H groups in total. The number of hydrogen-bond donors (Lipinski definition) is 1. The van der Waals surface area contributed by atoms with Gasteiger partial charge in [-0.05, 0) is 18.9 Å². The zero-order valence-corrected chi connectivity index (χ0v) is 8.33. The molecule has 0 aliphatic heterocycles. The third kappa shape index (κ3) is 1.18. The predicted molar refractivity (Wildman–Crippen MR) is 59.6 cm³/mol. The molecule has 0 bridgehead atoms. The van der Waals surface area contributed by atoms with Crippen molar-refractivity contribution in [3.05, 3.63) is 30.5 Å². The second-order valence-electron chi connectivity index (χ2n) is 4.09. The van der Waals surface area contributed by atoms with Gasteiger partial charge in [0.15, 0.2) is 0 Å². The summed E-state index contributed by atoms with van der Waals surface area (Å²) in [5.41, 5.74) is 2.58. The topological polar surface area (TPSA) is 17.0 Å². The van der Waals surface area contributed by atoms with Gasteiger partial charge in [0.1, 0.15) is 0 Å². The minimum Gasteiger partial charge on any atom is -0.381 e. The van der Waals surface area contributed by atoms with Gasteiger partial charge in [-0.1, -0.05) is 18.2 Å². The molecule has 0 amide bonds. The molecule has 0 unspecified atom stereocenters. The maximum Gasteiger partial charge on any atom is 0.0602 e. The lowest BCUT2D eigenvalue weighted by Gasteiger charge is -2.00. The minimum absolute atomic E-state index is 0.723. The Morgan fingerprint density at radius 3 is 2.86 bits per heavy atom. The molecule has 0 radical (unpaired) electrons. The van der Waals surface area contributed by atoms with E-state index in [1.807, 2.05) is 0 Å². The van der Waals surface area contributed by atoms with Crippen LogP contribution in [-0.4, -0.2) is 10.6 Å². The van der Waals surface area contributed by atoms with E-state index in [0.717, 1.165) is 6.04 Å². The Balaban J connectivity index is 2.12. The lowest BCUT2D eigenvalue weighted by molar-refractivity contribution is 0.967. The van der Waals surface area contributed by atoms with E-state index in [-0.39, 0.29) is 0 Å². The lowest BCUT2D eigenvalue weighted by Crippen LogP contribution is -1.99. The number of fused-ring (bicyclic) bond motifs is 1. The number of nitrogens with zero attached hydrogens (tertiary/aromatic N) is 1. The summed E-state index contributed by atoms with van der Waals surface area (Å²) in [5.74, 6) is 0. The largest absolute Gasteiger partial charge is 0.381 e. The van der Waals surface area contributed by atoms with E-state index >= 15 is 0 Å². The standard InChI is InChI=1S/C12H14N2/c1-14-8-11(13-9-6-7-9)10-4-2-3-5-12(10)14/h2-5,8-9,13H,6-7H2,1H3. The van der Waals surface area contributed by atoms with E-state index in [4.69, 9.17) is 0 Å². The normalized spacial score (nSPS) is 16.1. The monoisotopic (exact) mass is 186 g/mol. The number of benzene rings is 1. The smallest absolute Gasteiger partial charge is 0.0602 e. The highest BCUT2D eigenvalue weighted by Gasteiger charge is 2.22. The van der Waals surface area contributed by atoms with Crippen LogP contribution in [0.25, 0.3) is 10.9 Å². The molecule has 2 nitrogen and oxygen atoms in total. The first-order valence-electron chi connectivity index (χ1n) is 5.15. The van der Waals surface area contributed by atoms with Crippen molar-refractivity contribution in [3.8, 4) is 0 Å². The summed E-state index contributed by atoms with van der Waals surface area (Å²) in [6.07, 6.45) is 4.83. The number of rotatable bonds is 2. The van der Waals surface area contributed by atoms with Gasteiger partial charge in [-0.25, -0.2) is 0 Å². The van der Waals surface area contributed by atoms with Gasteiger partial charge >= 0.3 is 0 Å². The van der Waals surface area contributed by atoms with Gasteiger partial charge in [0.2, 0.25) is 0 Å². The molecule has 1 fully saturated rings. The Labute approximate surface area is 83.5 Å². The average Bonchev–Trinajstić information content (AvgIpc) is 2.95. The van der Waals surface area contributed by atoms with E-state index in [2.05, 4.69) is 47.4 Å². The molecule has 14 heavy (non-hydrogen) atoms.